The molecule has 1 aliphatic rings. The smallest absolute Gasteiger partial charge is 0.319 e. The number of benzene rings is 1. The van der Waals surface area contributed by atoms with Gasteiger partial charge in [0.15, 0.2) is 0 Å². The van der Waals surface area contributed by atoms with Crippen LogP contribution in [0.5, 0.6) is 5.75 Å². The Labute approximate surface area is 158 Å². The van der Waals surface area contributed by atoms with Gasteiger partial charge >= 0.3 is 6.03 Å². The minimum atomic E-state index is -0.427. The predicted octanol–water partition coefficient (Wildman–Crippen LogP) is 2.30. The molecule has 1 aliphatic heterocycles. The number of anilines is 2. The molecular weight excluding hydrogens is 349 g/mol. The van der Waals surface area contributed by atoms with Gasteiger partial charge in [-0.3, -0.25) is 0 Å². The lowest BCUT2D eigenvalue weighted by Crippen LogP contribution is -2.44. The number of hydrogen-bond donors (Lipinski definition) is 2. The number of amides is 2. The summed E-state index contributed by atoms with van der Waals surface area (Å²) in [6.07, 6.45) is 1.77. The number of carbonyl (C=O) groups is 1. The molecule has 1 aromatic carbocycles. The highest BCUT2D eigenvalue weighted by Gasteiger charge is 2.15. The number of piperazine rings is 1. The Bertz CT molecular complexity index is 776. The number of carbonyl (C=O) groups excluding carboxylic acids is 1. The van der Waals surface area contributed by atoms with Gasteiger partial charge in [0.2, 0.25) is 0 Å². The second-order valence-electron chi connectivity index (χ2n) is 6.47. The number of hydrogen-bond acceptors (Lipinski definition) is 5. The van der Waals surface area contributed by atoms with Crippen molar-refractivity contribution in [1.29, 1.82) is 0 Å². The molecular formula is C19H24FN5O2. The topological polar surface area (TPSA) is 69.7 Å². The van der Waals surface area contributed by atoms with E-state index in [2.05, 4.69) is 32.5 Å². The average molecular weight is 373 g/mol. The van der Waals surface area contributed by atoms with E-state index in [1.807, 2.05) is 12.1 Å². The van der Waals surface area contributed by atoms with Crippen LogP contribution in [0.15, 0.2) is 36.5 Å². The molecule has 2 aromatic rings. The molecule has 0 spiro atoms. The molecule has 2 N–H and O–H groups in total. The number of aromatic nitrogens is 1. The number of halogens is 1. The molecule has 27 heavy (non-hydrogen) atoms. The van der Waals surface area contributed by atoms with E-state index in [9.17, 15) is 9.18 Å². The van der Waals surface area contributed by atoms with Crippen molar-refractivity contribution in [3.63, 3.8) is 0 Å². The molecule has 7 nitrogen and oxygen atoms in total. The Morgan fingerprint density at radius 2 is 2.00 bits per heavy atom. The second kappa shape index (κ2) is 8.68. The number of nitrogens with zero attached hydrogens (tertiary/aromatic N) is 3. The number of rotatable bonds is 5. The summed E-state index contributed by atoms with van der Waals surface area (Å²) in [4.78, 5) is 21.1. The lowest BCUT2D eigenvalue weighted by atomic mass is 10.2. The van der Waals surface area contributed by atoms with Crippen LogP contribution in [0.25, 0.3) is 0 Å². The van der Waals surface area contributed by atoms with Crippen molar-refractivity contribution in [2.24, 2.45) is 0 Å². The monoisotopic (exact) mass is 373 g/mol. The van der Waals surface area contributed by atoms with E-state index in [-0.39, 0.29) is 5.75 Å². The van der Waals surface area contributed by atoms with Crippen molar-refractivity contribution < 1.29 is 13.9 Å². The first kappa shape index (κ1) is 18.9. The summed E-state index contributed by atoms with van der Waals surface area (Å²) in [7, 11) is 3.54. The van der Waals surface area contributed by atoms with Crippen LogP contribution in [0.2, 0.25) is 0 Å². The van der Waals surface area contributed by atoms with Crippen LogP contribution in [-0.2, 0) is 6.54 Å². The highest BCUT2D eigenvalue weighted by Crippen LogP contribution is 2.24. The van der Waals surface area contributed by atoms with Gasteiger partial charge in [-0.05, 0) is 30.8 Å². The average Bonchev–Trinajstić information content (AvgIpc) is 2.69. The highest BCUT2D eigenvalue weighted by molar-refractivity contribution is 5.90. The molecule has 3 rings (SSSR count). The zero-order valence-corrected chi connectivity index (χ0v) is 15.5. The Morgan fingerprint density at radius 3 is 2.67 bits per heavy atom. The van der Waals surface area contributed by atoms with Crippen molar-refractivity contribution >= 4 is 17.5 Å². The van der Waals surface area contributed by atoms with Crippen molar-refractivity contribution in [1.82, 2.24) is 15.2 Å². The van der Waals surface area contributed by atoms with Gasteiger partial charge in [0.05, 0.1) is 12.8 Å². The molecule has 2 heterocycles. The lowest BCUT2D eigenvalue weighted by molar-refractivity contribution is 0.251. The van der Waals surface area contributed by atoms with Gasteiger partial charge < -0.3 is 25.2 Å². The van der Waals surface area contributed by atoms with Crippen LogP contribution in [0, 0.1) is 5.82 Å². The maximum atomic E-state index is 13.2. The molecule has 2 amide bonds. The number of methoxy groups -OCH3 is 1. The summed E-state index contributed by atoms with van der Waals surface area (Å²) < 4.78 is 18.3. The van der Waals surface area contributed by atoms with Crippen LogP contribution in [0.4, 0.5) is 20.7 Å². The van der Waals surface area contributed by atoms with E-state index >= 15 is 0 Å². The zero-order chi connectivity index (χ0) is 19.2. The molecule has 0 bridgehead atoms. The Balaban J connectivity index is 1.52. The molecule has 0 atom stereocenters. The van der Waals surface area contributed by atoms with Gasteiger partial charge in [0, 0.05) is 45.0 Å². The predicted molar refractivity (Wildman–Crippen MR) is 103 cm³/mol. The molecule has 1 saturated heterocycles. The van der Waals surface area contributed by atoms with Crippen molar-refractivity contribution in [2.45, 2.75) is 6.54 Å². The second-order valence-corrected chi connectivity index (χ2v) is 6.47. The molecule has 0 saturated carbocycles. The number of ether oxygens (including phenoxy) is 1. The molecule has 0 unspecified atom stereocenters. The van der Waals surface area contributed by atoms with Gasteiger partial charge in [0.25, 0.3) is 0 Å². The van der Waals surface area contributed by atoms with Crippen molar-refractivity contribution in [3.05, 3.63) is 47.9 Å². The molecule has 0 aliphatic carbocycles. The van der Waals surface area contributed by atoms with Gasteiger partial charge in [-0.15, -0.1) is 0 Å². The number of urea groups is 1. The van der Waals surface area contributed by atoms with Crippen LogP contribution in [0.1, 0.15) is 5.56 Å². The fraction of sp³-hybridized carbons (Fsp3) is 0.368. The van der Waals surface area contributed by atoms with E-state index in [1.54, 1.807) is 6.20 Å². The Hall–Kier alpha value is -2.87. The maximum absolute atomic E-state index is 13.2. The van der Waals surface area contributed by atoms with E-state index < -0.39 is 11.8 Å². The summed E-state index contributed by atoms with van der Waals surface area (Å²) in [5.41, 5.74) is 1.30. The lowest BCUT2D eigenvalue weighted by Gasteiger charge is -2.33. The molecule has 1 fully saturated rings. The fourth-order valence-corrected chi connectivity index (χ4v) is 2.86. The summed E-state index contributed by atoms with van der Waals surface area (Å²) >= 11 is 0. The van der Waals surface area contributed by atoms with Gasteiger partial charge in [0.1, 0.15) is 17.4 Å². The largest absolute Gasteiger partial charge is 0.494 e. The quantitative estimate of drug-likeness (QED) is 0.842. The van der Waals surface area contributed by atoms with E-state index in [1.165, 1.54) is 25.3 Å². The Kier molecular flexibility index (Phi) is 6.08. The number of nitrogens with one attached hydrogen (secondary N) is 2. The standard InChI is InChI=1S/C19H24FN5O2/c1-24-7-9-25(10-8-24)18-6-3-14(12-21-18)13-22-19(26)23-16-5-4-15(20)11-17(16)27-2/h3-6,11-12H,7-10,13H2,1-2H3,(H2,22,23,26). The molecule has 144 valence electrons. The minimum absolute atomic E-state index is 0.267. The third-order valence-corrected chi connectivity index (χ3v) is 4.50. The van der Waals surface area contributed by atoms with Crippen molar-refractivity contribution in [2.75, 3.05) is 50.6 Å². The first-order valence-electron chi connectivity index (χ1n) is 8.82. The first-order valence-corrected chi connectivity index (χ1v) is 8.82. The highest BCUT2D eigenvalue weighted by atomic mass is 19.1. The summed E-state index contributed by atoms with van der Waals surface area (Å²) in [5.74, 6) is 0.792. The third kappa shape index (κ3) is 5.07. The minimum Gasteiger partial charge on any atom is -0.494 e. The Morgan fingerprint density at radius 1 is 1.22 bits per heavy atom. The normalized spacial score (nSPS) is 14.7. The van der Waals surface area contributed by atoms with Gasteiger partial charge in [-0.1, -0.05) is 6.07 Å². The van der Waals surface area contributed by atoms with E-state index in [0.717, 1.165) is 37.6 Å². The molecule has 0 radical (unpaired) electrons. The summed E-state index contributed by atoms with van der Waals surface area (Å²) in [6, 6.07) is 7.47. The first-order chi connectivity index (χ1) is 13.0. The third-order valence-electron chi connectivity index (χ3n) is 4.50. The number of pyridine rings is 1. The maximum Gasteiger partial charge on any atom is 0.319 e. The van der Waals surface area contributed by atoms with Crippen molar-refractivity contribution in [3.8, 4) is 5.75 Å². The molecule has 1 aromatic heterocycles. The van der Waals surface area contributed by atoms with Crippen LogP contribution < -0.4 is 20.3 Å². The summed E-state index contributed by atoms with van der Waals surface area (Å²) in [5, 5.41) is 5.41. The van der Waals surface area contributed by atoms with E-state index in [0.29, 0.717) is 12.2 Å². The zero-order valence-electron chi connectivity index (χ0n) is 15.5. The van der Waals surface area contributed by atoms with Gasteiger partial charge in [-0.25, -0.2) is 14.2 Å². The van der Waals surface area contributed by atoms with E-state index in [4.69, 9.17) is 4.74 Å². The molecule has 8 heteroatoms. The van der Waals surface area contributed by atoms with Crippen LogP contribution >= 0.6 is 0 Å². The summed E-state index contributed by atoms with van der Waals surface area (Å²) in [6.45, 7) is 4.31. The number of likely N-dealkylation sites (N-methyl/N-ethyl adjacent to an activating group) is 1. The van der Waals surface area contributed by atoms with Gasteiger partial charge in [-0.2, -0.15) is 0 Å². The van der Waals surface area contributed by atoms with Crippen LogP contribution in [0.3, 0.4) is 0 Å². The SMILES string of the molecule is COc1cc(F)ccc1NC(=O)NCc1ccc(N2CCN(C)CC2)nc1. The fourth-order valence-electron chi connectivity index (χ4n) is 2.86. The van der Waals surface area contributed by atoms with Crippen LogP contribution in [-0.4, -0.2) is 56.3 Å².